The molecule has 0 aliphatic carbocycles. The molecule has 3 rings (SSSR count). The molecular weight excluding hydrogens is 342 g/mol. The Labute approximate surface area is 150 Å². The van der Waals surface area contributed by atoms with Gasteiger partial charge in [-0.2, -0.15) is 0 Å². The van der Waals surface area contributed by atoms with Crippen LogP contribution in [0, 0.1) is 0 Å². The zero-order valence-corrected chi connectivity index (χ0v) is 14.8. The molecule has 0 saturated carbocycles. The molecule has 124 valence electrons. The number of aromatic amines is 1. The van der Waals surface area contributed by atoms with Crippen molar-refractivity contribution in [1.29, 1.82) is 0 Å². The molecule has 24 heavy (non-hydrogen) atoms. The average Bonchev–Trinajstić information content (AvgIpc) is 3.00. The molecule has 6 heteroatoms. The molecule has 1 heterocycles. The van der Waals surface area contributed by atoms with Crippen LogP contribution in [-0.2, 0) is 4.79 Å². The minimum Gasteiger partial charge on any atom is -0.355 e. The second-order valence-corrected chi connectivity index (χ2v) is 7.01. The smallest absolute Gasteiger partial charge is 0.230 e. The zero-order chi connectivity index (χ0) is 16.9. The van der Waals surface area contributed by atoms with E-state index < -0.39 is 0 Å². The molecule has 1 aromatic heterocycles. The van der Waals surface area contributed by atoms with Crippen LogP contribution in [0.4, 0.5) is 0 Å². The molecule has 0 saturated heterocycles. The van der Waals surface area contributed by atoms with Gasteiger partial charge >= 0.3 is 0 Å². The van der Waals surface area contributed by atoms with Crippen molar-refractivity contribution < 1.29 is 4.79 Å². The molecule has 2 aromatic carbocycles. The number of fused-ring (bicyclic) bond motifs is 1. The lowest BCUT2D eigenvalue weighted by Gasteiger charge is -2.12. The number of rotatable bonds is 6. The maximum Gasteiger partial charge on any atom is 0.230 e. The lowest BCUT2D eigenvalue weighted by molar-refractivity contribution is -0.118. The van der Waals surface area contributed by atoms with Crippen LogP contribution in [-0.4, -0.2) is 28.2 Å². The highest BCUT2D eigenvalue weighted by molar-refractivity contribution is 7.99. The first kappa shape index (κ1) is 16.9. The molecule has 0 radical (unpaired) electrons. The Morgan fingerprint density at radius 1 is 1.29 bits per heavy atom. The van der Waals surface area contributed by atoms with E-state index >= 15 is 0 Å². The summed E-state index contributed by atoms with van der Waals surface area (Å²) in [5.74, 6) is 0.615. The normalized spacial score (nSPS) is 12.2. The summed E-state index contributed by atoms with van der Waals surface area (Å²) in [4.78, 5) is 19.6. The maximum absolute atomic E-state index is 12.0. The number of halogens is 1. The van der Waals surface area contributed by atoms with Crippen molar-refractivity contribution >= 4 is 40.3 Å². The van der Waals surface area contributed by atoms with Gasteiger partial charge in [-0.25, -0.2) is 4.98 Å². The fraction of sp³-hybridized carbons (Fsp3) is 0.222. The van der Waals surface area contributed by atoms with Crippen LogP contribution < -0.4 is 5.32 Å². The van der Waals surface area contributed by atoms with Crippen molar-refractivity contribution in [1.82, 2.24) is 15.3 Å². The van der Waals surface area contributed by atoms with Gasteiger partial charge in [0.15, 0.2) is 5.16 Å². The van der Waals surface area contributed by atoms with Gasteiger partial charge < -0.3 is 10.3 Å². The van der Waals surface area contributed by atoms with Crippen LogP contribution >= 0.6 is 23.4 Å². The van der Waals surface area contributed by atoms with E-state index in [-0.39, 0.29) is 11.8 Å². The van der Waals surface area contributed by atoms with Gasteiger partial charge in [-0.15, -0.1) is 0 Å². The van der Waals surface area contributed by atoms with E-state index in [1.54, 1.807) is 6.07 Å². The van der Waals surface area contributed by atoms with Crippen LogP contribution in [0.2, 0.25) is 5.02 Å². The predicted molar refractivity (Wildman–Crippen MR) is 99.7 cm³/mol. The van der Waals surface area contributed by atoms with E-state index in [2.05, 4.69) is 34.3 Å². The summed E-state index contributed by atoms with van der Waals surface area (Å²) in [6.07, 6.45) is 0. The van der Waals surface area contributed by atoms with Crippen LogP contribution in [0.15, 0.2) is 53.7 Å². The number of hydrogen-bond donors (Lipinski definition) is 2. The van der Waals surface area contributed by atoms with Crippen molar-refractivity contribution in [3.8, 4) is 0 Å². The number of hydrogen-bond acceptors (Lipinski definition) is 3. The highest BCUT2D eigenvalue weighted by Gasteiger charge is 2.10. The molecule has 2 N–H and O–H groups in total. The monoisotopic (exact) mass is 359 g/mol. The van der Waals surface area contributed by atoms with Gasteiger partial charge in [-0.3, -0.25) is 4.79 Å². The summed E-state index contributed by atoms with van der Waals surface area (Å²) in [5.41, 5.74) is 2.95. The Morgan fingerprint density at radius 3 is 2.88 bits per heavy atom. The highest BCUT2D eigenvalue weighted by atomic mass is 35.5. The Morgan fingerprint density at radius 2 is 2.08 bits per heavy atom. The highest BCUT2D eigenvalue weighted by Crippen LogP contribution is 2.22. The summed E-state index contributed by atoms with van der Waals surface area (Å²) < 4.78 is 0. The van der Waals surface area contributed by atoms with Crippen molar-refractivity contribution in [3.63, 3.8) is 0 Å². The molecule has 1 unspecified atom stereocenters. The lowest BCUT2D eigenvalue weighted by Crippen LogP contribution is -2.29. The summed E-state index contributed by atoms with van der Waals surface area (Å²) in [5, 5.41) is 4.35. The summed E-state index contributed by atoms with van der Waals surface area (Å²) in [6.45, 7) is 2.73. The molecular formula is C18H18ClN3OS. The number of thioether (sulfide) groups is 1. The number of carbonyl (C=O) groups is 1. The van der Waals surface area contributed by atoms with Crippen molar-refractivity contribution in [2.24, 2.45) is 0 Å². The molecule has 1 amide bonds. The number of nitrogens with zero attached hydrogens (tertiary/aromatic N) is 1. The Bertz CT molecular complexity index is 835. The summed E-state index contributed by atoms with van der Waals surface area (Å²) in [6, 6.07) is 15.7. The van der Waals surface area contributed by atoms with Crippen molar-refractivity contribution in [2.45, 2.75) is 18.0 Å². The Kier molecular flexibility index (Phi) is 5.43. The van der Waals surface area contributed by atoms with Gasteiger partial charge in [0.05, 0.1) is 16.8 Å². The number of aromatic nitrogens is 2. The minimum absolute atomic E-state index is 0.00118. The lowest BCUT2D eigenvalue weighted by atomic mass is 10.0. The van der Waals surface area contributed by atoms with Crippen molar-refractivity contribution in [2.75, 3.05) is 12.3 Å². The molecule has 0 fully saturated rings. The fourth-order valence-corrected chi connectivity index (χ4v) is 3.27. The number of H-pyrrole nitrogens is 1. The average molecular weight is 360 g/mol. The first-order chi connectivity index (χ1) is 11.6. The third-order valence-corrected chi connectivity index (χ3v) is 4.84. The first-order valence-corrected chi connectivity index (χ1v) is 9.08. The summed E-state index contributed by atoms with van der Waals surface area (Å²) in [7, 11) is 0. The predicted octanol–water partition coefficient (Wildman–Crippen LogP) is 4.23. The van der Waals surface area contributed by atoms with E-state index in [0.29, 0.717) is 17.3 Å². The van der Waals surface area contributed by atoms with Gasteiger partial charge in [0.2, 0.25) is 5.91 Å². The summed E-state index contributed by atoms with van der Waals surface area (Å²) >= 11 is 7.34. The second kappa shape index (κ2) is 7.73. The molecule has 1 atom stereocenters. The minimum atomic E-state index is 0.00118. The van der Waals surface area contributed by atoms with E-state index in [1.165, 1.54) is 17.3 Å². The van der Waals surface area contributed by atoms with Crippen LogP contribution in [0.1, 0.15) is 18.4 Å². The van der Waals surface area contributed by atoms with E-state index in [1.807, 2.05) is 30.3 Å². The molecule has 0 spiro atoms. The van der Waals surface area contributed by atoms with E-state index in [0.717, 1.165) is 16.2 Å². The van der Waals surface area contributed by atoms with Gasteiger partial charge in [-0.1, -0.05) is 60.6 Å². The van der Waals surface area contributed by atoms with Crippen LogP contribution in [0.25, 0.3) is 11.0 Å². The SMILES string of the molecule is CC(CNC(=O)CSc1nc2ccc(Cl)cc2[nH]1)c1ccccc1. The number of imidazole rings is 1. The number of nitrogens with one attached hydrogen (secondary N) is 2. The van der Waals surface area contributed by atoms with Gasteiger partial charge in [0.25, 0.3) is 0 Å². The maximum atomic E-state index is 12.0. The first-order valence-electron chi connectivity index (χ1n) is 7.71. The van der Waals surface area contributed by atoms with Crippen molar-refractivity contribution in [3.05, 3.63) is 59.1 Å². The number of amides is 1. The zero-order valence-electron chi connectivity index (χ0n) is 13.3. The molecule has 4 nitrogen and oxygen atoms in total. The fourth-order valence-electron chi connectivity index (χ4n) is 2.38. The van der Waals surface area contributed by atoms with E-state index in [4.69, 9.17) is 11.6 Å². The molecule has 3 aromatic rings. The topological polar surface area (TPSA) is 57.8 Å². The standard InChI is InChI=1S/C18H18ClN3OS/c1-12(13-5-3-2-4-6-13)10-20-17(23)11-24-18-21-15-8-7-14(19)9-16(15)22-18/h2-9,12H,10-11H2,1H3,(H,20,23)(H,21,22). The largest absolute Gasteiger partial charge is 0.355 e. The van der Waals surface area contributed by atoms with Gasteiger partial charge in [0.1, 0.15) is 0 Å². The van der Waals surface area contributed by atoms with E-state index in [9.17, 15) is 4.79 Å². The van der Waals surface area contributed by atoms with Crippen LogP contribution in [0.5, 0.6) is 0 Å². The third kappa shape index (κ3) is 4.30. The Hall–Kier alpha value is -1.98. The van der Waals surface area contributed by atoms with Gasteiger partial charge in [0, 0.05) is 11.6 Å². The quantitative estimate of drug-likeness (QED) is 0.647. The molecule has 0 aliphatic rings. The Balaban J connectivity index is 1.49. The number of benzene rings is 2. The van der Waals surface area contributed by atoms with Gasteiger partial charge in [-0.05, 0) is 29.7 Å². The third-order valence-electron chi connectivity index (χ3n) is 3.74. The second-order valence-electron chi connectivity index (χ2n) is 5.61. The molecule has 0 bridgehead atoms. The van der Waals surface area contributed by atoms with Crippen LogP contribution in [0.3, 0.4) is 0 Å². The number of carbonyl (C=O) groups excluding carboxylic acids is 1. The molecule has 0 aliphatic heterocycles.